The number of benzene rings is 2. The molecule has 1 fully saturated rings. The summed E-state index contributed by atoms with van der Waals surface area (Å²) in [5.74, 6) is -1.28. The van der Waals surface area contributed by atoms with E-state index >= 15 is 0 Å². The maximum Gasteiger partial charge on any atom is 0.523 e. The van der Waals surface area contributed by atoms with E-state index in [-0.39, 0.29) is 19.8 Å². The highest BCUT2D eigenvalue weighted by atomic mass is 32.2. The second-order valence-corrected chi connectivity index (χ2v) is 8.22. The predicted molar refractivity (Wildman–Crippen MR) is 101 cm³/mol. The molecule has 2 aromatic rings. The topological polar surface area (TPSA) is 88.1 Å². The monoisotopic (exact) mass is 460 g/mol. The van der Waals surface area contributed by atoms with Crippen LogP contribution in [0.4, 0.5) is 13.2 Å². The largest absolute Gasteiger partial charge is 0.523 e. The Morgan fingerprint density at radius 3 is 2.00 bits per heavy atom. The van der Waals surface area contributed by atoms with Crippen LogP contribution >= 0.6 is 0 Å². The van der Waals surface area contributed by atoms with Crippen molar-refractivity contribution in [3.63, 3.8) is 0 Å². The van der Waals surface area contributed by atoms with Crippen LogP contribution in [0.15, 0.2) is 60.7 Å². The van der Waals surface area contributed by atoms with Crippen LogP contribution in [-0.4, -0.2) is 44.8 Å². The lowest BCUT2D eigenvalue weighted by atomic mass is 10.1. The Kier molecular flexibility index (Phi) is 7.31. The third-order valence-electron chi connectivity index (χ3n) is 4.36. The maximum atomic E-state index is 12.7. The fraction of sp³-hybridized carbons (Fsp3) is 0.350. The van der Waals surface area contributed by atoms with Crippen molar-refractivity contribution in [1.82, 2.24) is 0 Å². The van der Waals surface area contributed by atoms with Gasteiger partial charge in [0, 0.05) is 0 Å². The zero-order valence-electron chi connectivity index (χ0n) is 16.0. The molecule has 0 spiro atoms. The van der Waals surface area contributed by atoms with Gasteiger partial charge in [-0.25, -0.2) is 8.98 Å². The summed E-state index contributed by atoms with van der Waals surface area (Å²) >= 11 is 0. The number of alkyl halides is 3. The second kappa shape index (κ2) is 9.77. The Morgan fingerprint density at radius 1 is 0.903 bits per heavy atom. The van der Waals surface area contributed by atoms with Gasteiger partial charge in [-0.2, -0.15) is 21.6 Å². The van der Waals surface area contributed by atoms with Crippen molar-refractivity contribution < 1.29 is 44.8 Å². The first-order chi connectivity index (χ1) is 14.7. The van der Waals surface area contributed by atoms with E-state index in [4.69, 9.17) is 14.2 Å². The number of carbonyl (C=O) groups excluding carboxylic acids is 1. The van der Waals surface area contributed by atoms with Gasteiger partial charge in [-0.05, 0) is 11.1 Å². The molecule has 1 aliphatic rings. The zero-order valence-corrected chi connectivity index (χ0v) is 16.8. The molecule has 3 atom stereocenters. The lowest BCUT2D eigenvalue weighted by Gasteiger charge is -2.22. The molecule has 1 heterocycles. The van der Waals surface area contributed by atoms with Gasteiger partial charge in [-0.15, -0.1) is 0 Å². The molecule has 11 heteroatoms. The minimum Gasteiger partial charge on any atom is -0.455 e. The lowest BCUT2D eigenvalue weighted by molar-refractivity contribution is -0.148. The summed E-state index contributed by atoms with van der Waals surface area (Å²) in [7, 11) is -6.04. The molecule has 0 aromatic heterocycles. The third-order valence-corrected chi connectivity index (χ3v) is 5.39. The van der Waals surface area contributed by atoms with Gasteiger partial charge in [0.05, 0.1) is 19.8 Å². The predicted octanol–water partition coefficient (Wildman–Crippen LogP) is 2.95. The molecule has 1 aliphatic heterocycles. The molecule has 0 amide bonds. The third kappa shape index (κ3) is 6.03. The van der Waals surface area contributed by atoms with Crippen molar-refractivity contribution >= 4 is 16.1 Å². The molecular formula is C20H19F3O7S. The van der Waals surface area contributed by atoms with Crippen LogP contribution in [0, 0.1) is 0 Å². The average Bonchev–Trinajstić information content (AvgIpc) is 3.01. The van der Waals surface area contributed by atoms with Gasteiger partial charge in [0.2, 0.25) is 6.10 Å². The van der Waals surface area contributed by atoms with E-state index in [9.17, 15) is 26.4 Å². The Hall–Kier alpha value is -2.47. The average molecular weight is 460 g/mol. The van der Waals surface area contributed by atoms with E-state index in [1.54, 1.807) is 54.6 Å². The summed E-state index contributed by atoms with van der Waals surface area (Å²) in [5, 5.41) is 0. The Morgan fingerprint density at radius 2 is 1.45 bits per heavy atom. The van der Waals surface area contributed by atoms with E-state index in [1.165, 1.54) is 0 Å². The zero-order chi connectivity index (χ0) is 22.5. The summed E-state index contributed by atoms with van der Waals surface area (Å²) in [6.45, 7) is -0.193. The molecule has 2 aromatic carbocycles. The molecule has 0 N–H and O–H groups in total. The number of hydrogen-bond acceptors (Lipinski definition) is 7. The van der Waals surface area contributed by atoms with Crippen LogP contribution in [0.3, 0.4) is 0 Å². The summed E-state index contributed by atoms with van der Waals surface area (Å²) in [6, 6.07) is 17.6. The van der Waals surface area contributed by atoms with Crippen molar-refractivity contribution in [2.45, 2.75) is 37.0 Å². The van der Waals surface area contributed by atoms with Gasteiger partial charge in [0.25, 0.3) is 0 Å². The summed E-state index contributed by atoms with van der Waals surface area (Å²) in [6.07, 6.45) is -4.70. The molecule has 0 aliphatic carbocycles. The molecule has 0 saturated carbocycles. The van der Waals surface area contributed by atoms with E-state index < -0.39 is 39.9 Å². The molecule has 168 valence electrons. The van der Waals surface area contributed by atoms with Crippen molar-refractivity contribution in [1.29, 1.82) is 0 Å². The number of halogens is 3. The Labute approximate surface area is 176 Å². The standard InChI is InChI=1S/C20H19F3O7S/c21-20(22,23)31(25,26)30-18-17(28-12-15-9-5-2-6-10-15)16(29-19(18)24)13-27-11-14-7-3-1-4-8-14/h1-10,16-18H,11-13H2/t16-,17-,18-/m1/s1. The van der Waals surface area contributed by atoms with Crippen LogP contribution in [0.2, 0.25) is 0 Å². The number of ether oxygens (including phenoxy) is 3. The SMILES string of the molecule is O=C1O[C@H](COCc2ccccc2)[C@@H](OCc2ccccc2)[C@H]1OS(=O)(=O)C(F)(F)F. The van der Waals surface area contributed by atoms with Crippen molar-refractivity contribution in [3.8, 4) is 0 Å². The minimum atomic E-state index is -6.04. The summed E-state index contributed by atoms with van der Waals surface area (Å²) in [5.41, 5.74) is -4.22. The van der Waals surface area contributed by atoms with Gasteiger partial charge in [-0.3, -0.25) is 0 Å². The van der Waals surface area contributed by atoms with Crippen LogP contribution in [0.5, 0.6) is 0 Å². The van der Waals surface area contributed by atoms with Gasteiger partial charge in [-0.1, -0.05) is 60.7 Å². The maximum absolute atomic E-state index is 12.7. The number of carbonyl (C=O) groups is 1. The van der Waals surface area contributed by atoms with E-state index in [2.05, 4.69) is 4.18 Å². The highest BCUT2D eigenvalue weighted by molar-refractivity contribution is 7.87. The van der Waals surface area contributed by atoms with Crippen LogP contribution in [0.1, 0.15) is 11.1 Å². The molecular weight excluding hydrogens is 441 g/mol. The fourth-order valence-corrected chi connectivity index (χ4v) is 3.43. The number of rotatable bonds is 9. The summed E-state index contributed by atoms with van der Waals surface area (Å²) in [4.78, 5) is 12.1. The fourth-order valence-electron chi connectivity index (χ4n) is 2.85. The van der Waals surface area contributed by atoms with Gasteiger partial charge < -0.3 is 14.2 Å². The first-order valence-electron chi connectivity index (χ1n) is 9.14. The number of hydrogen-bond donors (Lipinski definition) is 0. The van der Waals surface area contributed by atoms with E-state index in [0.29, 0.717) is 5.56 Å². The van der Waals surface area contributed by atoms with Crippen LogP contribution in [0.25, 0.3) is 0 Å². The molecule has 31 heavy (non-hydrogen) atoms. The molecule has 7 nitrogen and oxygen atoms in total. The van der Waals surface area contributed by atoms with Crippen LogP contribution < -0.4 is 0 Å². The Bertz CT molecular complexity index is 965. The van der Waals surface area contributed by atoms with Crippen molar-refractivity contribution in [3.05, 3.63) is 71.8 Å². The molecule has 1 saturated heterocycles. The second-order valence-electron chi connectivity index (χ2n) is 6.65. The van der Waals surface area contributed by atoms with Crippen molar-refractivity contribution in [2.24, 2.45) is 0 Å². The summed E-state index contributed by atoms with van der Waals surface area (Å²) < 4.78 is 81.4. The first kappa shape index (κ1) is 23.2. The highest BCUT2D eigenvalue weighted by Gasteiger charge is 2.55. The number of cyclic esters (lactones) is 1. The van der Waals surface area contributed by atoms with E-state index in [1.807, 2.05) is 6.07 Å². The van der Waals surface area contributed by atoms with Gasteiger partial charge >= 0.3 is 21.6 Å². The highest BCUT2D eigenvalue weighted by Crippen LogP contribution is 2.31. The Balaban J connectivity index is 1.72. The lowest BCUT2D eigenvalue weighted by Crippen LogP contribution is -2.41. The molecule has 0 radical (unpaired) electrons. The van der Waals surface area contributed by atoms with Gasteiger partial charge in [0.15, 0.2) is 6.10 Å². The van der Waals surface area contributed by atoms with E-state index in [0.717, 1.165) is 5.56 Å². The van der Waals surface area contributed by atoms with Crippen LogP contribution in [-0.2, 0) is 46.5 Å². The van der Waals surface area contributed by atoms with Gasteiger partial charge in [0.1, 0.15) is 6.10 Å². The minimum absolute atomic E-state index is 0.108. The smallest absolute Gasteiger partial charge is 0.455 e. The normalized spacial score (nSPS) is 21.8. The first-order valence-corrected chi connectivity index (χ1v) is 10.6. The quantitative estimate of drug-likeness (QED) is 0.323. The van der Waals surface area contributed by atoms with Crippen molar-refractivity contribution in [2.75, 3.05) is 6.61 Å². The number of esters is 1. The molecule has 0 bridgehead atoms. The molecule has 0 unspecified atom stereocenters. The molecule has 3 rings (SSSR count).